The molecule has 0 aromatic heterocycles. The molecule has 0 saturated carbocycles. The molecule has 2 aromatic rings. The van der Waals surface area contributed by atoms with Gasteiger partial charge in [0, 0.05) is 12.1 Å². The lowest BCUT2D eigenvalue weighted by atomic mass is 10.0. The monoisotopic (exact) mass is 348 g/mol. The third-order valence-electron chi connectivity index (χ3n) is 3.58. The van der Waals surface area contributed by atoms with Crippen molar-refractivity contribution >= 4 is 28.9 Å². The van der Waals surface area contributed by atoms with Crippen LogP contribution in [0.5, 0.6) is 5.75 Å². The Morgan fingerprint density at radius 2 is 2.08 bits per heavy atom. The maximum absolute atomic E-state index is 12.4. The fourth-order valence-electron chi connectivity index (χ4n) is 2.25. The number of amides is 1. The SMILES string of the molecule is CCCCc1cccc(C(=O)Nc2ccc([N+](=O)[O-])cc2Cl)c1O. The van der Waals surface area contributed by atoms with Gasteiger partial charge in [0.25, 0.3) is 11.6 Å². The Morgan fingerprint density at radius 1 is 1.33 bits per heavy atom. The zero-order chi connectivity index (χ0) is 17.7. The molecule has 0 bridgehead atoms. The fourth-order valence-corrected chi connectivity index (χ4v) is 2.47. The molecule has 6 nitrogen and oxygen atoms in total. The van der Waals surface area contributed by atoms with Crippen LogP contribution in [0.25, 0.3) is 0 Å². The summed E-state index contributed by atoms with van der Waals surface area (Å²) in [5.74, 6) is -0.580. The molecule has 0 unspecified atom stereocenters. The van der Waals surface area contributed by atoms with E-state index in [0.717, 1.165) is 18.9 Å². The number of carbonyl (C=O) groups excluding carboxylic acids is 1. The highest BCUT2D eigenvalue weighted by Gasteiger charge is 2.16. The Balaban J connectivity index is 2.23. The zero-order valence-corrected chi connectivity index (χ0v) is 13.8. The number of phenolic OH excluding ortho intramolecular Hbond substituents is 1. The number of aromatic hydroxyl groups is 1. The number of rotatable bonds is 6. The predicted molar refractivity (Wildman–Crippen MR) is 92.8 cm³/mol. The number of carbonyl (C=O) groups is 1. The summed E-state index contributed by atoms with van der Waals surface area (Å²) in [5.41, 5.74) is 0.922. The van der Waals surface area contributed by atoms with Gasteiger partial charge in [-0.2, -0.15) is 0 Å². The van der Waals surface area contributed by atoms with Crippen molar-refractivity contribution in [3.8, 4) is 5.75 Å². The number of nitro groups is 1. The van der Waals surface area contributed by atoms with Gasteiger partial charge in [0.15, 0.2) is 0 Å². The summed E-state index contributed by atoms with van der Waals surface area (Å²) < 4.78 is 0. The first-order valence-corrected chi connectivity index (χ1v) is 7.88. The van der Waals surface area contributed by atoms with Crippen LogP contribution < -0.4 is 5.32 Å². The molecule has 0 saturated heterocycles. The normalized spacial score (nSPS) is 10.4. The van der Waals surface area contributed by atoms with Crippen LogP contribution in [0.2, 0.25) is 5.02 Å². The Labute approximate surface area is 144 Å². The fraction of sp³-hybridized carbons (Fsp3) is 0.235. The number of para-hydroxylation sites is 1. The van der Waals surface area contributed by atoms with E-state index in [1.807, 2.05) is 6.92 Å². The van der Waals surface area contributed by atoms with E-state index in [-0.39, 0.29) is 27.7 Å². The lowest BCUT2D eigenvalue weighted by molar-refractivity contribution is -0.384. The van der Waals surface area contributed by atoms with Crippen molar-refractivity contribution in [3.05, 3.63) is 62.7 Å². The standard InChI is InChI=1S/C17H17ClN2O4/c1-2-3-5-11-6-4-7-13(16(11)21)17(22)19-15-9-8-12(20(23)24)10-14(15)18/h4,6-10,21H,2-3,5H2,1H3,(H,19,22). The third kappa shape index (κ3) is 4.02. The minimum atomic E-state index is -0.569. The number of nitro benzene ring substituents is 1. The van der Waals surface area contributed by atoms with E-state index in [1.165, 1.54) is 18.2 Å². The van der Waals surface area contributed by atoms with Crippen molar-refractivity contribution in [1.29, 1.82) is 0 Å². The summed E-state index contributed by atoms with van der Waals surface area (Å²) in [7, 11) is 0. The van der Waals surface area contributed by atoms with Crippen molar-refractivity contribution in [1.82, 2.24) is 0 Å². The lowest BCUT2D eigenvalue weighted by Crippen LogP contribution is -2.13. The second-order valence-corrected chi connectivity index (χ2v) is 5.70. The molecule has 2 rings (SSSR count). The van der Waals surface area contributed by atoms with Crippen molar-refractivity contribution in [3.63, 3.8) is 0 Å². The third-order valence-corrected chi connectivity index (χ3v) is 3.89. The molecular formula is C17H17ClN2O4. The molecule has 7 heteroatoms. The number of hydrogen-bond donors (Lipinski definition) is 2. The van der Waals surface area contributed by atoms with E-state index in [0.29, 0.717) is 12.0 Å². The quantitative estimate of drug-likeness (QED) is 0.591. The van der Waals surface area contributed by atoms with E-state index in [2.05, 4.69) is 5.32 Å². The minimum absolute atomic E-state index is 0.0542. The van der Waals surface area contributed by atoms with Crippen LogP contribution in [0.1, 0.15) is 35.7 Å². The molecule has 24 heavy (non-hydrogen) atoms. The molecule has 0 radical (unpaired) electrons. The summed E-state index contributed by atoms with van der Waals surface area (Å²) in [6, 6.07) is 8.77. The first-order valence-electron chi connectivity index (χ1n) is 7.50. The van der Waals surface area contributed by atoms with Gasteiger partial charge in [-0.15, -0.1) is 0 Å². The van der Waals surface area contributed by atoms with Gasteiger partial charge in [0.05, 0.1) is 21.2 Å². The molecule has 126 valence electrons. The number of phenols is 1. The van der Waals surface area contributed by atoms with Gasteiger partial charge < -0.3 is 10.4 Å². The Kier molecular flexibility index (Phi) is 5.76. The average molecular weight is 349 g/mol. The highest BCUT2D eigenvalue weighted by molar-refractivity contribution is 6.34. The van der Waals surface area contributed by atoms with E-state index in [1.54, 1.807) is 12.1 Å². The molecule has 0 aliphatic heterocycles. The maximum atomic E-state index is 12.4. The topological polar surface area (TPSA) is 92.5 Å². The summed E-state index contributed by atoms with van der Waals surface area (Å²) in [4.78, 5) is 22.5. The van der Waals surface area contributed by atoms with Crippen molar-refractivity contribution in [2.75, 3.05) is 5.32 Å². The van der Waals surface area contributed by atoms with E-state index < -0.39 is 10.8 Å². The van der Waals surface area contributed by atoms with Crippen LogP contribution >= 0.6 is 11.6 Å². The zero-order valence-electron chi connectivity index (χ0n) is 13.1. The van der Waals surface area contributed by atoms with Gasteiger partial charge in [-0.3, -0.25) is 14.9 Å². The van der Waals surface area contributed by atoms with E-state index in [4.69, 9.17) is 11.6 Å². The van der Waals surface area contributed by atoms with Crippen molar-refractivity contribution in [2.24, 2.45) is 0 Å². The van der Waals surface area contributed by atoms with Crippen LogP contribution in [0.3, 0.4) is 0 Å². The van der Waals surface area contributed by atoms with Gasteiger partial charge in [0.1, 0.15) is 5.75 Å². The van der Waals surface area contributed by atoms with Gasteiger partial charge in [-0.25, -0.2) is 0 Å². The average Bonchev–Trinajstić information content (AvgIpc) is 2.55. The predicted octanol–water partition coefficient (Wildman–Crippen LogP) is 4.55. The Bertz CT molecular complexity index is 777. The number of non-ortho nitro benzene ring substituents is 1. The second-order valence-electron chi connectivity index (χ2n) is 5.29. The van der Waals surface area contributed by atoms with Crippen LogP contribution in [-0.2, 0) is 6.42 Å². The summed E-state index contributed by atoms with van der Waals surface area (Å²) in [6.45, 7) is 2.05. The van der Waals surface area contributed by atoms with Crippen LogP contribution in [0.4, 0.5) is 11.4 Å². The molecule has 1 amide bonds. The Morgan fingerprint density at radius 3 is 2.71 bits per heavy atom. The molecule has 2 aromatic carbocycles. The number of nitrogens with one attached hydrogen (secondary N) is 1. The van der Waals surface area contributed by atoms with Crippen LogP contribution in [-0.4, -0.2) is 15.9 Å². The molecule has 0 aliphatic rings. The van der Waals surface area contributed by atoms with Gasteiger partial charge in [-0.05, 0) is 30.5 Å². The highest BCUT2D eigenvalue weighted by Crippen LogP contribution is 2.29. The molecular weight excluding hydrogens is 332 g/mol. The summed E-state index contributed by atoms with van der Waals surface area (Å²) in [5, 5.41) is 23.6. The lowest BCUT2D eigenvalue weighted by Gasteiger charge is -2.11. The van der Waals surface area contributed by atoms with Crippen LogP contribution in [0.15, 0.2) is 36.4 Å². The highest BCUT2D eigenvalue weighted by atomic mass is 35.5. The molecule has 0 aliphatic carbocycles. The smallest absolute Gasteiger partial charge is 0.271 e. The first-order chi connectivity index (χ1) is 11.4. The minimum Gasteiger partial charge on any atom is -0.507 e. The number of anilines is 1. The maximum Gasteiger partial charge on any atom is 0.271 e. The van der Waals surface area contributed by atoms with Gasteiger partial charge >= 0.3 is 0 Å². The second kappa shape index (κ2) is 7.79. The van der Waals surface area contributed by atoms with Crippen molar-refractivity contribution < 1.29 is 14.8 Å². The van der Waals surface area contributed by atoms with Crippen molar-refractivity contribution in [2.45, 2.75) is 26.2 Å². The van der Waals surface area contributed by atoms with Crippen LogP contribution in [0, 0.1) is 10.1 Å². The summed E-state index contributed by atoms with van der Waals surface area (Å²) >= 11 is 5.96. The molecule has 2 N–H and O–H groups in total. The number of aryl methyl sites for hydroxylation is 1. The Hall–Kier alpha value is -2.60. The molecule has 0 fully saturated rings. The number of benzene rings is 2. The first kappa shape index (κ1) is 17.7. The number of unbranched alkanes of at least 4 members (excludes halogenated alkanes) is 1. The van der Waals surface area contributed by atoms with E-state index in [9.17, 15) is 20.0 Å². The van der Waals surface area contributed by atoms with Gasteiger partial charge in [-0.1, -0.05) is 37.1 Å². The van der Waals surface area contributed by atoms with Gasteiger partial charge in [0.2, 0.25) is 0 Å². The summed E-state index contributed by atoms with van der Waals surface area (Å²) in [6.07, 6.45) is 2.57. The largest absolute Gasteiger partial charge is 0.507 e. The number of nitrogens with zero attached hydrogens (tertiary/aromatic N) is 1. The van der Waals surface area contributed by atoms with E-state index >= 15 is 0 Å². The number of hydrogen-bond acceptors (Lipinski definition) is 4. The number of halogens is 1. The molecule has 0 atom stereocenters. The molecule has 0 heterocycles. The molecule has 0 spiro atoms.